The van der Waals surface area contributed by atoms with Crippen molar-refractivity contribution >= 4 is 17.7 Å². The molecule has 5 heteroatoms. The molecule has 0 aliphatic heterocycles. The van der Waals surface area contributed by atoms with Crippen LogP contribution in [0.3, 0.4) is 0 Å². The van der Waals surface area contributed by atoms with Gasteiger partial charge < -0.3 is 10.4 Å². The fraction of sp³-hybridized carbons (Fsp3) is 0.769. The number of hydrogen-bond donors (Lipinski definition) is 2. The zero-order chi connectivity index (χ0) is 14.0. The summed E-state index contributed by atoms with van der Waals surface area (Å²) in [7, 11) is 0. The van der Waals surface area contributed by atoms with Crippen molar-refractivity contribution in [2.45, 2.75) is 52.4 Å². The van der Waals surface area contributed by atoms with Gasteiger partial charge in [-0.2, -0.15) is 0 Å². The summed E-state index contributed by atoms with van der Waals surface area (Å²) >= 11 is 0. The van der Waals surface area contributed by atoms with Crippen LogP contribution in [0.5, 0.6) is 0 Å². The van der Waals surface area contributed by atoms with Gasteiger partial charge >= 0.3 is 5.97 Å². The smallest absolute Gasteiger partial charge is 0.304 e. The number of nitrogens with one attached hydrogen (secondary N) is 1. The molecule has 0 heterocycles. The highest BCUT2D eigenvalue weighted by Crippen LogP contribution is 2.03. The van der Waals surface area contributed by atoms with E-state index in [9.17, 15) is 14.4 Å². The first-order valence-corrected chi connectivity index (χ1v) is 6.48. The lowest BCUT2D eigenvalue weighted by atomic mass is 10.1. The van der Waals surface area contributed by atoms with E-state index in [2.05, 4.69) is 5.32 Å². The van der Waals surface area contributed by atoms with Crippen LogP contribution in [0.4, 0.5) is 0 Å². The molecule has 2 N–H and O–H groups in total. The lowest BCUT2D eigenvalue weighted by Crippen LogP contribution is -2.31. The van der Waals surface area contributed by atoms with Gasteiger partial charge in [0.05, 0.1) is 6.42 Å². The molecular formula is C13H23NO4. The number of hydrogen-bond acceptors (Lipinski definition) is 3. The molecule has 0 saturated heterocycles. The van der Waals surface area contributed by atoms with Gasteiger partial charge in [0.1, 0.15) is 5.78 Å². The number of aliphatic carboxylic acids is 1. The molecule has 5 nitrogen and oxygen atoms in total. The Morgan fingerprint density at radius 1 is 1.17 bits per heavy atom. The first-order valence-electron chi connectivity index (χ1n) is 6.48. The molecule has 0 aromatic heterocycles. The van der Waals surface area contributed by atoms with Crippen LogP contribution in [-0.2, 0) is 14.4 Å². The van der Waals surface area contributed by atoms with Crippen molar-refractivity contribution in [3.63, 3.8) is 0 Å². The number of unbranched alkanes of at least 4 members (excludes halogenated alkanes) is 2. The molecule has 18 heavy (non-hydrogen) atoms. The highest BCUT2D eigenvalue weighted by molar-refractivity contribution is 5.82. The van der Waals surface area contributed by atoms with Crippen LogP contribution in [-0.4, -0.2) is 29.3 Å². The Kier molecular flexibility index (Phi) is 8.88. The van der Waals surface area contributed by atoms with Gasteiger partial charge in [-0.05, 0) is 12.8 Å². The van der Waals surface area contributed by atoms with Gasteiger partial charge in [0, 0.05) is 25.3 Å². The zero-order valence-corrected chi connectivity index (χ0v) is 11.2. The average molecular weight is 257 g/mol. The van der Waals surface area contributed by atoms with E-state index in [-0.39, 0.29) is 18.1 Å². The summed E-state index contributed by atoms with van der Waals surface area (Å²) in [6.07, 6.45) is 3.63. The molecule has 1 amide bonds. The van der Waals surface area contributed by atoms with Crippen LogP contribution in [0.2, 0.25) is 0 Å². The third-order valence-corrected chi connectivity index (χ3v) is 2.75. The second-order valence-corrected chi connectivity index (χ2v) is 4.49. The summed E-state index contributed by atoms with van der Waals surface area (Å²) in [6, 6.07) is 0. The third kappa shape index (κ3) is 8.73. The third-order valence-electron chi connectivity index (χ3n) is 2.75. The van der Waals surface area contributed by atoms with Crippen LogP contribution in [0.1, 0.15) is 52.4 Å². The van der Waals surface area contributed by atoms with Gasteiger partial charge in [0.2, 0.25) is 5.91 Å². The summed E-state index contributed by atoms with van der Waals surface area (Å²) in [5.74, 6) is -1.41. The Morgan fingerprint density at radius 3 is 2.39 bits per heavy atom. The summed E-state index contributed by atoms with van der Waals surface area (Å²) in [4.78, 5) is 32.9. The molecule has 104 valence electrons. The van der Waals surface area contributed by atoms with E-state index >= 15 is 0 Å². The van der Waals surface area contributed by atoms with Gasteiger partial charge in [0.15, 0.2) is 0 Å². The van der Waals surface area contributed by atoms with E-state index in [1.807, 2.05) is 6.92 Å². The van der Waals surface area contributed by atoms with Gasteiger partial charge in [0.25, 0.3) is 0 Å². The van der Waals surface area contributed by atoms with Crippen molar-refractivity contribution in [2.75, 3.05) is 6.54 Å². The number of rotatable bonds is 10. The molecular weight excluding hydrogens is 234 g/mol. The summed E-state index contributed by atoms with van der Waals surface area (Å²) in [5.41, 5.74) is 0. The topological polar surface area (TPSA) is 83.5 Å². The maximum atomic E-state index is 11.4. The quantitative estimate of drug-likeness (QED) is 0.584. The molecule has 1 atom stereocenters. The van der Waals surface area contributed by atoms with Crippen molar-refractivity contribution in [1.82, 2.24) is 5.32 Å². The minimum absolute atomic E-state index is 0.142. The zero-order valence-electron chi connectivity index (χ0n) is 11.2. The normalized spacial score (nSPS) is 11.9. The molecule has 0 saturated carbocycles. The Labute approximate surface area is 108 Å². The number of Topliss-reactive ketones (excluding diaryl/α,β-unsaturated/α-hetero) is 1. The SMILES string of the molecule is CCC(=O)CCCCCNC(=O)C(C)CC(=O)O. The number of carbonyl (C=O) groups excluding carboxylic acids is 2. The molecule has 0 radical (unpaired) electrons. The average Bonchev–Trinajstić information content (AvgIpc) is 2.31. The second kappa shape index (κ2) is 9.62. The summed E-state index contributed by atoms with van der Waals surface area (Å²) in [5, 5.41) is 11.2. The van der Waals surface area contributed by atoms with Gasteiger partial charge in [-0.25, -0.2) is 0 Å². The van der Waals surface area contributed by atoms with Gasteiger partial charge in [-0.1, -0.05) is 20.3 Å². The fourth-order valence-corrected chi connectivity index (χ4v) is 1.54. The Morgan fingerprint density at radius 2 is 1.83 bits per heavy atom. The lowest BCUT2D eigenvalue weighted by molar-refractivity contribution is -0.140. The van der Waals surface area contributed by atoms with Crippen molar-refractivity contribution in [3.8, 4) is 0 Å². The Hall–Kier alpha value is -1.39. The van der Waals surface area contributed by atoms with E-state index in [0.29, 0.717) is 19.4 Å². The van der Waals surface area contributed by atoms with E-state index in [1.54, 1.807) is 6.92 Å². The number of carboxylic acid groups (broad SMARTS) is 1. The minimum atomic E-state index is -0.962. The van der Waals surface area contributed by atoms with Gasteiger partial charge in [-0.15, -0.1) is 0 Å². The number of carbonyl (C=O) groups is 3. The number of amides is 1. The molecule has 0 aliphatic rings. The minimum Gasteiger partial charge on any atom is -0.481 e. The Bertz CT molecular complexity index is 289. The van der Waals surface area contributed by atoms with Crippen molar-refractivity contribution in [1.29, 1.82) is 0 Å². The van der Waals surface area contributed by atoms with Crippen molar-refractivity contribution < 1.29 is 19.5 Å². The van der Waals surface area contributed by atoms with Crippen LogP contribution in [0.15, 0.2) is 0 Å². The predicted octanol–water partition coefficient (Wildman–Crippen LogP) is 1.75. The van der Waals surface area contributed by atoms with E-state index in [1.165, 1.54) is 0 Å². The standard InChI is InChI=1S/C13H23NO4/c1-3-11(15)7-5-4-6-8-14-13(18)10(2)9-12(16)17/h10H,3-9H2,1-2H3,(H,14,18)(H,16,17). The second-order valence-electron chi connectivity index (χ2n) is 4.49. The molecule has 1 unspecified atom stereocenters. The van der Waals surface area contributed by atoms with Crippen molar-refractivity contribution in [3.05, 3.63) is 0 Å². The number of carboxylic acids is 1. The Balaban J connectivity index is 3.51. The van der Waals surface area contributed by atoms with Crippen LogP contribution >= 0.6 is 0 Å². The maximum Gasteiger partial charge on any atom is 0.304 e. The molecule has 0 bridgehead atoms. The van der Waals surface area contributed by atoms with Crippen LogP contribution in [0.25, 0.3) is 0 Å². The summed E-state index contributed by atoms with van der Waals surface area (Å²) in [6.45, 7) is 4.00. The molecule has 0 aliphatic carbocycles. The molecule has 0 aromatic carbocycles. The maximum absolute atomic E-state index is 11.4. The fourth-order valence-electron chi connectivity index (χ4n) is 1.54. The van der Waals surface area contributed by atoms with E-state index in [0.717, 1.165) is 19.3 Å². The lowest BCUT2D eigenvalue weighted by Gasteiger charge is -2.09. The van der Waals surface area contributed by atoms with Crippen LogP contribution in [0, 0.1) is 5.92 Å². The molecule has 0 spiro atoms. The first kappa shape index (κ1) is 16.6. The molecule has 0 fully saturated rings. The monoisotopic (exact) mass is 257 g/mol. The largest absolute Gasteiger partial charge is 0.481 e. The first-order chi connectivity index (χ1) is 8.47. The molecule has 0 aromatic rings. The van der Waals surface area contributed by atoms with Crippen molar-refractivity contribution in [2.24, 2.45) is 5.92 Å². The number of ketones is 1. The van der Waals surface area contributed by atoms with Crippen LogP contribution < -0.4 is 5.32 Å². The predicted molar refractivity (Wildman–Crippen MR) is 68.2 cm³/mol. The van der Waals surface area contributed by atoms with E-state index < -0.39 is 11.9 Å². The summed E-state index contributed by atoms with van der Waals surface area (Å²) < 4.78 is 0. The van der Waals surface area contributed by atoms with E-state index in [4.69, 9.17) is 5.11 Å². The van der Waals surface area contributed by atoms with Gasteiger partial charge in [-0.3, -0.25) is 14.4 Å². The molecule has 0 rings (SSSR count). The highest BCUT2D eigenvalue weighted by Gasteiger charge is 2.15. The highest BCUT2D eigenvalue weighted by atomic mass is 16.4.